The third kappa shape index (κ3) is 6.42. The second kappa shape index (κ2) is 10.3. The SMILES string of the molecule is CC(C)CNC(=O)c1cc(CN(CC2CCCO2)C(=O)c2ccc(C(C)(C)C)cc2)on1. The Morgan fingerprint density at radius 1 is 1.22 bits per heavy atom. The summed E-state index contributed by atoms with van der Waals surface area (Å²) in [7, 11) is 0. The number of hydrogen-bond donors (Lipinski definition) is 1. The number of rotatable bonds is 8. The summed E-state index contributed by atoms with van der Waals surface area (Å²) in [5.41, 5.74) is 2.03. The molecule has 0 radical (unpaired) electrons. The van der Waals surface area contributed by atoms with E-state index in [0.29, 0.717) is 30.3 Å². The highest BCUT2D eigenvalue weighted by Gasteiger charge is 2.26. The largest absolute Gasteiger partial charge is 0.376 e. The molecule has 1 aromatic carbocycles. The van der Waals surface area contributed by atoms with Gasteiger partial charge in [-0.15, -0.1) is 0 Å². The van der Waals surface area contributed by atoms with Crippen LogP contribution >= 0.6 is 0 Å². The topological polar surface area (TPSA) is 84.7 Å². The monoisotopic (exact) mass is 441 g/mol. The van der Waals surface area contributed by atoms with Gasteiger partial charge in [-0.3, -0.25) is 9.59 Å². The van der Waals surface area contributed by atoms with Gasteiger partial charge in [0.15, 0.2) is 11.5 Å². The molecule has 2 amide bonds. The molecule has 1 saturated heterocycles. The predicted octanol–water partition coefficient (Wildman–Crippen LogP) is 4.18. The fraction of sp³-hybridized carbons (Fsp3) is 0.560. The molecule has 1 aliphatic rings. The highest BCUT2D eigenvalue weighted by atomic mass is 16.5. The minimum atomic E-state index is -0.275. The van der Waals surface area contributed by atoms with Crippen LogP contribution in [0.3, 0.4) is 0 Å². The molecule has 3 rings (SSSR count). The first-order valence-corrected chi connectivity index (χ1v) is 11.4. The summed E-state index contributed by atoms with van der Waals surface area (Å²) in [6.07, 6.45) is 1.92. The molecular weight excluding hydrogens is 406 g/mol. The van der Waals surface area contributed by atoms with E-state index in [1.807, 2.05) is 38.1 Å². The number of hydrogen-bond acceptors (Lipinski definition) is 5. The summed E-state index contributed by atoms with van der Waals surface area (Å²) in [5, 5.41) is 6.72. The van der Waals surface area contributed by atoms with Gasteiger partial charge in [0.05, 0.1) is 12.6 Å². The Labute approximate surface area is 190 Å². The molecule has 1 unspecified atom stereocenters. The van der Waals surface area contributed by atoms with Crippen molar-refractivity contribution in [2.45, 2.75) is 65.5 Å². The molecule has 0 spiro atoms. The average molecular weight is 442 g/mol. The van der Waals surface area contributed by atoms with Gasteiger partial charge < -0.3 is 19.5 Å². The van der Waals surface area contributed by atoms with Crippen molar-refractivity contribution in [1.82, 2.24) is 15.4 Å². The van der Waals surface area contributed by atoms with Crippen LogP contribution in [0.2, 0.25) is 0 Å². The molecule has 0 aliphatic carbocycles. The van der Waals surface area contributed by atoms with Crippen LogP contribution in [0.1, 0.15) is 79.6 Å². The first kappa shape index (κ1) is 24.0. The van der Waals surface area contributed by atoms with Crippen LogP contribution in [0.15, 0.2) is 34.9 Å². The summed E-state index contributed by atoms with van der Waals surface area (Å²) in [4.78, 5) is 27.3. The molecule has 1 aliphatic heterocycles. The first-order valence-electron chi connectivity index (χ1n) is 11.4. The third-order valence-electron chi connectivity index (χ3n) is 5.54. The normalized spacial score (nSPS) is 16.4. The van der Waals surface area contributed by atoms with E-state index in [9.17, 15) is 9.59 Å². The maximum Gasteiger partial charge on any atom is 0.273 e. The fourth-order valence-corrected chi connectivity index (χ4v) is 3.62. The Balaban J connectivity index is 1.74. The summed E-state index contributed by atoms with van der Waals surface area (Å²) >= 11 is 0. The number of aromatic nitrogens is 1. The van der Waals surface area contributed by atoms with Crippen molar-refractivity contribution in [3.8, 4) is 0 Å². The number of nitrogens with one attached hydrogen (secondary N) is 1. The fourth-order valence-electron chi connectivity index (χ4n) is 3.62. The highest BCUT2D eigenvalue weighted by Crippen LogP contribution is 2.23. The van der Waals surface area contributed by atoms with Crippen molar-refractivity contribution < 1.29 is 18.8 Å². The Morgan fingerprint density at radius 3 is 2.53 bits per heavy atom. The van der Waals surface area contributed by atoms with E-state index in [1.165, 1.54) is 5.56 Å². The van der Waals surface area contributed by atoms with Gasteiger partial charge in [-0.2, -0.15) is 0 Å². The van der Waals surface area contributed by atoms with E-state index in [4.69, 9.17) is 9.26 Å². The molecule has 2 heterocycles. The summed E-state index contributed by atoms with van der Waals surface area (Å²) < 4.78 is 11.2. The zero-order valence-electron chi connectivity index (χ0n) is 19.8. The third-order valence-corrected chi connectivity index (χ3v) is 5.54. The molecule has 1 aromatic heterocycles. The minimum absolute atomic E-state index is 0.00420. The standard InChI is InChI=1S/C25H35N3O4/c1-17(2)14-26-23(29)22-13-21(32-27-22)16-28(15-20-7-6-12-31-20)24(30)18-8-10-19(11-9-18)25(3,4)5/h8-11,13,17,20H,6-7,12,14-16H2,1-5H3,(H,26,29). The lowest BCUT2D eigenvalue weighted by atomic mass is 9.86. The Kier molecular flexibility index (Phi) is 7.72. The van der Waals surface area contributed by atoms with Crippen molar-refractivity contribution in [2.75, 3.05) is 19.7 Å². The van der Waals surface area contributed by atoms with Crippen LogP contribution in [0.4, 0.5) is 0 Å². The van der Waals surface area contributed by atoms with Crippen LogP contribution in [-0.2, 0) is 16.7 Å². The van der Waals surface area contributed by atoms with E-state index in [1.54, 1.807) is 11.0 Å². The highest BCUT2D eigenvalue weighted by molar-refractivity contribution is 5.94. The summed E-state index contributed by atoms with van der Waals surface area (Å²) in [5.74, 6) is 0.443. The van der Waals surface area contributed by atoms with Gasteiger partial charge in [0, 0.05) is 31.3 Å². The van der Waals surface area contributed by atoms with Gasteiger partial charge in [-0.25, -0.2) is 0 Å². The second-order valence-corrected chi connectivity index (χ2v) is 9.93. The smallest absolute Gasteiger partial charge is 0.273 e. The van der Waals surface area contributed by atoms with Crippen LogP contribution in [0.25, 0.3) is 0 Å². The minimum Gasteiger partial charge on any atom is -0.376 e. The Hall–Kier alpha value is -2.67. The number of carbonyl (C=O) groups excluding carboxylic acids is 2. The number of benzene rings is 1. The molecule has 7 heteroatoms. The maximum absolute atomic E-state index is 13.3. The van der Waals surface area contributed by atoms with Crippen LogP contribution in [0, 0.1) is 5.92 Å². The molecule has 1 N–H and O–H groups in total. The molecule has 0 bridgehead atoms. The lowest BCUT2D eigenvalue weighted by Gasteiger charge is -2.25. The molecular formula is C25H35N3O4. The maximum atomic E-state index is 13.3. The van der Waals surface area contributed by atoms with Crippen LogP contribution in [0.5, 0.6) is 0 Å². The van der Waals surface area contributed by atoms with Crippen molar-refractivity contribution in [3.63, 3.8) is 0 Å². The second-order valence-electron chi connectivity index (χ2n) is 9.93. The van der Waals surface area contributed by atoms with Crippen molar-refractivity contribution in [2.24, 2.45) is 5.92 Å². The summed E-state index contributed by atoms with van der Waals surface area (Å²) in [6, 6.07) is 9.35. The lowest BCUT2D eigenvalue weighted by molar-refractivity contribution is 0.0486. The van der Waals surface area contributed by atoms with Gasteiger partial charge in [-0.1, -0.05) is 51.9 Å². The molecule has 0 saturated carbocycles. The van der Waals surface area contributed by atoms with Crippen LogP contribution < -0.4 is 5.32 Å². The van der Waals surface area contributed by atoms with E-state index in [-0.39, 0.29) is 35.6 Å². The van der Waals surface area contributed by atoms with E-state index >= 15 is 0 Å². The van der Waals surface area contributed by atoms with Gasteiger partial charge in [0.25, 0.3) is 11.8 Å². The molecule has 32 heavy (non-hydrogen) atoms. The molecule has 2 aromatic rings. The Bertz CT molecular complexity index is 906. The number of amides is 2. The van der Waals surface area contributed by atoms with Crippen molar-refractivity contribution >= 4 is 11.8 Å². The van der Waals surface area contributed by atoms with Gasteiger partial charge >= 0.3 is 0 Å². The number of nitrogens with zero attached hydrogens (tertiary/aromatic N) is 2. The molecule has 1 fully saturated rings. The quantitative estimate of drug-likeness (QED) is 0.664. The van der Waals surface area contributed by atoms with E-state index in [0.717, 1.165) is 19.4 Å². The van der Waals surface area contributed by atoms with Crippen molar-refractivity contribution in [3.05, 3.63) is 52.9 Å². The number of carbonyl (C=O) groups is 2. The van der Waals surface area contributed by atoms with E-state index in [2.05, 4.69) is 31.2 Å². The van der Waals surface area contributed by atoms with Crippen LogP contribution in [-0.4, -0.2) is 47.7 Å². The van der Waals surface area contributed by atoms with E-state index < -0.39 is 0 Å². The molecule has 1 atom stereocenters. The first-order chi connectivity index (χ1) is 15.1. The van der Waals surface area contributed by atoms with Crippen molar-refractivity contribution in [1.29, 1.82) is 0 Å². The predicted molar refractivity (Wildman–Crippen MR) is 123 cm³/mol. The zero-order valence-corrected chi connectivity index (χ0v) is 19.8. The summed E-state index contributed by atoms with van der Waals surface area (Å²) in [6.45, 7) is 12.5. The average Bonchev–Trinajstić information content (AvgIpc) is 3.42. The van der Waals surface area contributed by atoms with Gasteiger partial charge in [0.2, 0.25) is 0 Å². The zero-order chi connectivity index (χ0) is 23.3. The van der Waals surface area contributed by atoms with Gasteiger partial charge in [-0.05, 0) is 41.9 Å². The number of ether oxygens (including phenoxy) is 1. The molecule has 7 nitrogen and oxygen atoms in total. The molecule has 174 valence electrons. The Morgan fingerprint density at radius 2 is 1.94 bits per heavy atom. The van der Waals surface area contributed by atoms with Gasteiger partial charge in [0.1, 0.15) is 0 Å². The lowest BCUT2D eigenvalue weighted by Crippen LogP contribution is -2.37.